The molecule has 62 heavy (non-hydrogen) atoms. The fourth-order valence-electron chi connectivity index (χ4n) is 9.42. The third kappa shape index (κ3) is 7.69. The maximum atomic E-state index is 14.1. The Hall–Kier alpha value is -6.16. The third-order valence-electron chi connectivity index (χ3n) is 13.3. The summed E-state index contributed by atoms with van der Waals surface area (Å²) in [5.41, 5.74) is 6.51. The van der Waals surface area contributed by atoms with E-state index >= 15 is 0 Å². The highest BCUT2D eigenvalue weighted by Crippen LogP contribution is 2.44. The fourth-order valence-corrected chi connectivity index (χ4v) is 9.42. The number of fused-ring (bicyclic) bond motifs is 6. The van der Waals surface area contributed by atoms with Gasteiger partial charge in [0.25, 0.3) is 0 Å². The molecule has 4 N–H and O–H groups in total. The first-order valence-electron chi connectivity index (χ1n) is 21.5. The number of rotatable bonds is 11. The first-order valence-corrected chi connectivity index (χ1v) is 21.5. The van der Waals surface area contributed by atoms with Crippen LogP contribution < -0.4 is 15.4 Å². The van der Waals surface area contributed by atoms with Gasteiger partial charge in [0, 0.05) is 30.1 Å². The lowest BCUT2D eigenvalue weighted by Crippen LogP contribution is -2.55. The Kier molecular flexibility index (Phi) is 11.9. The molecule has 16 heteroatoms. The van der Waals surface area contributed by atoms with E-state index in [1.54, 1.807) is 18.0 Å². The number of aromatic nitrogens is 4. The summed E-state index contributed by atoms with van der Waals surface area (Å²) in [6, 6.07) is 12.3. The third-order valence-corrected chi connectivity index (χ3v) is 13.3. The molecule has 4 amide bonds. The molecule has 8 rings (SSSR count). The number of carbonyl (C=O) groups excluding carboxylic acids is 4. The van der Waals surface area contributed by atoms with Gasteiger partial charge in [0.1, 0.15) is 36.1 Å². The van der Waals surface area contributed by atoms with E-state index in [1.165, 1.54) is 21.3 Å². The van der Waals surface area contributed by atoms with Gasteiger partial charge < -0.3 is 49.3 Å². The molecule has 0 aliphatic carbocycles. The number of H-pyrrole nitrogens is 2. The number of methoxy groups -OCH3 is 3. The van der Waals surface area contributed by atoms with Crippen LogP contribution in [0.1, 0.15) is 96.0 Å². The number of hydrogen-bond acceptors (Lipinski definition) is 10. The van der Waals surface area contributed by atoms with Crippen molar-refractivity contribution in [3.8, 4) is 28.1 Å². The first kappa shape index (κ1) is 42.5. The minimum atomic E-state index is -0.927. The summed E-state index contributed by atoms with van der Waals surface area (Å²) in [7, 11) is 4.07. The molecule has 2 fully saturated rings. The van der Waals surface area contributed by atoms with Crippen LogP contribution in [-0.2, 0) is 30.4 Å². The van der Waals surface area contributed by atoms with E-state index in [1.807, 2.05) is 38.7 Å². The Labute approximate surface area is 360 Å². The number of nitrogens with one attached hydrogen (secondary N) is 4. The summed E-state index contributed by atoms with van der Waals surface area (Å²) >= 11 is 0. The first-order chi connectivity index (χ1) is 29.8. The second-order valence-electron chi connectivity index (χ2n) is 16.9. The molecular weight excluding hydrogens is 793 g/mol. The SMILES string of the molecule is CC[C@H](C)C(NC(=O)OC)C(=O)N1[C@@H](C)CC[C@H]1c1nc2c(ccc3cc4c(cc32)OCc2cc(-c3cnc([C@@H]5CC[C@H](C)N5C(=O)[C@@H](NC(=O)OC)[C@@H](C)OC)[nH]3)ccc2-4)[nH]1. The number of aromatic amines is 2. The molecule has 16 nitrogen and oxygen atoms in total. The Morgan fingerprint density at radius 3 is 2.15 bits per heavy atom. The van der Waals surface area contributed by atoms with Gasteiger partial charge in [0.2, 0.25) is 11.8 Å². The van der Waals surface area contributed by atoms with E-state index in [0.717, 1.165) is 74.8 Å². The van der Waals surface area contributed by atoms with Crippen LogP contribution in [0.25, 0.3) is 44.2 Å². The summed E-state index contributed by atoms with van der Waals surface area (Å²) in [5, 5.41) is 7.39. The largest absolute Gasteiger partial charge is 0.488 e. The van der Waals surface area contributed by atoms with E-state index in [2.05, 4.69) is 57.0 Å². The van der Waals surface area contributed by atoms with E-state index in [-0.39, 0.29) is 41.9 Å². The fraction of sp³-hybridized carbons (Fsp3) is 0.478. The standard InChI is InChI=1S/C46H56N8O8/c1-9-23(2)38(51-45(57)60-7)43(55)54-25(4)11-17-36(54)42-48-33-15-13-27-19-32-30-14-12-28(18-29(30)22-62-37(32)20-31(27)40(33)50-42)34-21-47-41(49-34)35-16-10-24(3)53(35)44(56)39(26(5)59-6)52-46(58)61-8/h12-15,18-21,23-26,35-36,38-39H,9-11,16-17,22H2,1-8H3,(H,47,49)(H,48,50)(H,51,57)(H,52,58)/t23-,24-,25-,26+,35-,36-,38?,39-/m0/s1. The lowest BCUT2D eigenvalue weighted by molar-refractivity contribution is -0.139. The van der Waals surface area contributed by atoms with Crippen LogP contribution in [0.15, 0.2) is 48.7 Å². The van der Waals surface area contributed by atoms with Crippen molar-refractivity contribution in [3.63, 3.8) is 0 Å². The Bertz CT molecular complexity index is 2520. The zero-order valence-electron chi connectivity index (χ0n) is 36.5. The highest BCUT2D eigenvalue weighted by Gasteiger charge is 2.43. The molecule has 1 unspecified atom stereocenters. The van der Waals surface area contributed by atoms with E-state index in [9.17, 15) is 19.2 Å². The average Bonchev–Trinajstić information content (AvgIpc) is 4.11. The van der Waals surface area contributed by atoms with Gasteiger partial charge in [-0.15, -0.1) is 0 Å². The molecule has 328 valence electrons. The number of hydrogen-bond donors (Lipinski definition) is 4. The van der Waals surface area contributed by atoms with E-state index in [4.69, 9.17) is 28.9 Å². The molecule has 8 atom stereocenters. The van der Waals surface area contributed by atoms with Crippen molar-refractivity contribution in [3.05, 3.63) is 65.9 Å². The lowest BCUT2D eigenvalue weighted by Gasteiger charge is -2.33. The minimum absolute atomic E-state index is 0.0292. The lowest BCUT2D eigenvalue weighted by atomic mass is 9.92. The molecule has 0 bridgehead atoms. The molecule has 5 heterocycles. The van der Waals surface area contributed by atoms with Gasteiger partial charge in [0.05, 0.1) is 55.3 Å². The number of imidazole rings is 2. The minimum Gasteiger partial charge on any atom is -0.488 e. The molecule has 2 saturated heterocycles. The summed E-state index contributed by atoms with van der Waals surface area (Å²) in [5.74, 6) is 1.67. The number of nitrogens with zero attached hydrogens (tertiary/aromatic N) is 4. The van der Waals surface area contributed by atoms with Crippen LogP contribution in [0.4, 0.5) is 9.59 Å². The molecule has 2 aromatic heterocycles. The summed E-state index contributed by atoms with van der Waals surface area (Å²) < 4.78 is 21.6. The van der Waals surface area contributed by atoms with Gasteiger partial charge in [-0.25, -0.2) is 19.6 Å². The van der Waals surface area contributed by atoms with Crippen molar-refractivity contribution in [2.75, 3.05) is 21.3 Å². The highest BCUT2D eigenvalue weighted by atomic mass is 16.5. The van der Waals surface area contributed by atoms with Crippen molar-refractivity contribution in [1.82, 2.24) is 40.4 Å². The highest BCUT2D eigenvalue weighted by molar-refractivity contribution is 6.07. The molecule has 0 saturated carbocycles. The van der Waals surface area contributed by atoms with Crippen LogP contribution >= 0.6 is 0 Å². The van der Waals surface area contributed by atoms with Gasteiger partial charge >= 0.3 is 12.2 Å². The normalized spacial score (nSPS) is 21.4. The summed E-state index contributed by atoms with van der Waals surface area (Å²) in [6.45, 7) is 10.1. The number of alkyl carbamates (subject to hydrolysis) is 2. The number of ether oxygens (including phenoxy) is 4. The number of likely N-dealkylation sites (tertiary alicyclic amines) is 2. The van der Waals surface area contributed by atoms with Crippen molar-refractivity contribution < 1.29 is 38.1 Å². The quantitative estimate of drug-likeness (QED) is 0.105. The van der Waals surface area contributed by atoms with Crippen LogP contribution in [0.5, 0.6) is 5.75 Å². The molecular formula is C46H56N8O8. The Morgan fingerprint density at radius 1 is 0.823 bits per heavy atom. The van der Waals surface area contributed by atoms with Crippen molar-refractivity contribution in [2.45, 2.75) is 116 Å². The smallest absolute Gasteiger partial charge is 0.407 e. The van der Waals surface area contributed by atoms with Gasteiger partial charge in [-0.2, -0.15) is 0 Å². The van der Waals surface area contributed by atoms with Gasteiger partial charge in [0.15, 0.2) is 0 Å². The van der Waals surface area contributed by atoms with Crippen molar-refractivity contribution in [2.24, 2.45) is 5.92 Å². The van der Waals surface area contributed by atoms with Crippen molar-refractivity contribution >= 4 is 45.8 Å². The van der Waals surface area contributed by atoms with E-state index in [0.29, 0.717) is 31.1 Å². The molecule has 3 aromatic carbocycles. The van der Waals surface area contributed by atoms with Gasteiger partial charge in [-0.3, -0.25) is 9.59 Å². The van der Waals surface area contributed by atoms with Crippen LogP contribution in [0, 0.1) is 5.92 Å². The monoisotopic (exact) mass is 848 g/mol. The van der Waals surface area contributed by atoms with Crippen molar-refractivity contribution in [1.29, 1.82) is 0 Å². The maximum absolute atomic E-state index is 14.1. The molecule has 5 aromatic rings. The number of benzene rings is 3. The summed E-state index contributed by atoms with van der Waals surface area (Å²) in [4.78, 5) is 73.1. The van der Waals surface area contributed by atoms with Gasteiger partial charge in [-0.1, -0.05) is 38.5 Å². The molecule has 0 spiro atoms. The van der Waals surface area contributed by atoms with Crippen LogP contribution in [-0.4, -0.2) is 105 Å². The molecule has 0 radical (unpaired) electrons. The second kappa shape index (κ2) is 17.3. The average molecular weight is 849 g/mol. The zero-order chi connectivity index (χ0) is 44.0. The Morgan fingerprint density at radius 2 is 1.48 bits per heavy atom. The Balaban J connectivity index is 1.04. The number of carbonyl (C=O) groups is 4. The maximum Gasteiger partial charge on any atom is 0.407 e. The molecule has 3 aliphatic rings. The van der Waals surface area contributed by atoms with E-state index < -0.39 is 30.4 Å². The predicted molar refractivity (Wildman–Crippen MR) is 232 cm³/mol. The summed E-state index contributed by atoms with van der Waals surface area (Å²) in [6.07, 6.45) is 3.67. The number of amides is 4. The van der Waals surface area contributed by atoms with Crippen LogP contribution in [0.3, 0.4) is 0 Å². The topological polar surface area (TPSA) is 193 Å². The van der Waals surface area contributed by atoms with Crippen LogP contribution in [0.2, 0.25) is 0 Å². The van der Waals surface area contributed by atoms with Gasteiger partial charge in [-0.05, 0) is 98.7 Å². The predicted octanol–water partition coefficient (Wildman–Crippen LogP) is 7.30. The zero-order valence-corrected chi connectivity index (χ0v) is 36.5. The second-order valence-corrected chi connectivity index (χ2v) is 16.9. The molecule has 3 aliphatic heterocycles.